The van der Waals surface area contributed by atoms with Crippen molar-refractivity contribution in [1.82, 2.24) is 19.5 Å². The Labute approximate surface area is 300 Å². The fraction of sp³-hybridized carbons (Fsp3) is 0. The second kappa shape index (κ2) is 11.2. The lowest BCUT2D eigenvalue weighted by molar-refractivity contribution is 1.07. The van der Waals surface area contributed by atoms with E-state index in [4.69, 9.17) is 15.0 Å². The van der Waals surface area contributed by atoms with Crippen LogP contribution in [0.25, 0.3) is 102 Å². The topological polar surface area (TPSA) is 43.6 Å². The van der Waals surface area contributed by atoms with Crippen molar-refractivity contribution < 1.29 is 0 Å². The summed E-state index contributed by atoms with van der Waals surface area (Å²) in [6, 6.07) is 56.0. The van der Waals surface area contributed by atoms with Crippen molar-refractivity contribution >= 4 is 84.8 Å². The average Bonchev–Trinajstić information content (AvgIpc) is 3.87. The fourth-order valence-electron chi connectivity index (χ4n) is 7.50. The molecule has 4 aromatic heterocycles. The lowest BCUT2D eigenvalue weighted by atomic mass is 10.1. The third kappa shape index (κ3) is 4.47. The molecule has 0 fully saturated rings. The van der Waals surface area contributed by atoms with E-state index in [1.54, 1.807) is 0 Å². The van der Waals surface area contributed by atoms with Gasteiger partial charge < -0.3 is 4.57 Å². The molecule has 0 saturated carbocycles. The molecule has 4 nitrogen and oxygen atoms in total. The lowest BCUT2D eigenvalue weighted by Gasteiger charge is -2.12. The molecule has 0 aliphatic rings. The van der Waals surface area contributed by atoms with Gasteiger partial charge in [0.2, 0.25) is 0 Å². The number of fused-ring (bicyclic) bond motifs is 10. The van der Waals surface area contributed by atoms with Gasteiger partial charge in [-0.1, -0.05) is 109 Å². The van der Waals surface area contributed by atoms with Crippen LogP contribution in [0.3, 0.4) is 0 Å². The Morgan fingerprint density at radius 3 is 1.76 bits per heavy atom. The molecule has 6 heteroatoms. The van der Waals surface area contributed by atoms with E-state index in [-0.39, 0.29) is 0 Å². The van der Waals surface area contributed by atoms with Crippen molar-refractivity contribution in [2.75, 3.05) is 0 Å². The third-order valence-corrected chi connectivity index (χ3v) is 12.2. The Bertz CT molecular complexity index is 3150. The van der Waals surface area contributed by atoms with Crippen molar-refractivity contribution in [2.45, 2.75) is 0 Å². The first-order chi connectivity index (χ1) is 25.3. The normalized spacial score (nSPS) is 11.9. The molecule has 238 valence electrons. The monoisotopic (exact) mass is 686 g/mol. The van der Waals surface area contributed by atoms with E-state index in [0.29, 0.717) is 17.5 Å². The van der Waals surface area contributed by atoms with Gasteiger partial charge in [0, 0.05) is 68.8 Å². The average molecular weight is 687 g/mol. The highest BCUT2D eigenvalue weighted by Gasteiger charge is 2.19. The molecule has 0 aliphatic heterocycles. The summed E-state index contributed by atoms with van der Waals surface area (Å²) in [7, 11) is 0. The molecule has 0 spiro atoms. The summed E-state index contributed by atoms with van der Waals surface area (Å²) < 4.78 is 7.54. The quantitative estimate of drug-likeness (QED) is 0.185. The molecule has 0 N–H and O–H groups in total. The number of aromatic nitrogens is 4. The van der Waals surface area contributed by atoms with Crippen LogP contribution in [0.4, 0.5) is 0 Å². The van der Waals surface area contributed by atoms with Crippen molar-refractivity contribution in [3.63, 3.8) is 0 Å². The van der Waals surface area contributed by atoms with Crippen LogP contribution in [0.5, 0.6) is 0 Å². The molecule has 4 heterocycles. The number of rotatable bonds is 4. The molecule has 7 aromatic carbocycles. The van der Waals surface area contributed by atoms with Crippen molar-refractivity contribution in [3.8, 4) is 39.9 Å². The number of nitrogens with zero attached hydrogens (tertiary/aromatic N) is 4. The summed E-state index contributed by atoms with van der Waals surface area (Å²) in [6.45, 7) is 0. The number of para-hydroxylation sites is 1. The Hall–Kier alpha value is -6.21. The zero-order valence-electron chi connectivity index (χ0n) is 27.1. The minimum atomic E-state index is 0.642. The third-order valence-electron chi connectivity index (χ3n) is 9.84. The maximum absolute atomic E-state index is 5.17. The lowest BCUT2D eigenvalue weighted by Crippen LogP contribution is -2.01. The molecule has 51 heavy (non-hydrogen) atoms. The van der Waals surface area contributed by atoms with Crippen LogP contribution in [0, 0.1) is 0 Å². The van der Waals surface area contributed by atoms with Gasteiger partial charge in [0.1, 0.15) is 0 Å². The van der Waals surface area contributed by atoms with Gasteiger partial charge in [-0.2, -0.15) is 0 Å². The largest absolute Gasteiger partial charge is 0.308 e. The molecule has 11 aromatic rings. The van der Waals surface area contributed by atoms with Crippen LogP contribution in [0.2, 0.25) is 0 Å². The van der Waals surface area contributed by atoms with Gasteiger partial charge in [0.25, 0.3) is 0 Å². The number of hydrogen-bond acceptors (Lipinski definition) is 5. The van der Waals surface area contributed by atoms with Crippen LogP contribution in [-0.2, 0) is 0 Å². The number of hydrogen-bond donors (Lipinski definition) is 0. The van der Waals surface area contributed by atoms with Gasteiger partial charge in [0.15, 0.2) is 17.5 Å². The molecular formula is C45H26N4S2. The second-order valence-electron chi connectivity index (χ2n) is 12.8. The number of thiophene rings is 2. The smallest absolute Gasteiger partial charge is 0.164 e. The summed E-state index contributed by atoms with van der Waals surface area (Å²) >= 11 is 3.68. The maximum Gasteiger partial charge on any atom is 0.164 e. The van der Waals surface area contributed by atoms with Crippen molar-refractivity contribution in [1.29, 1.82) is 0 Å². The van der Waals surface area contributed by atoms with E-state index in [1.165, 1.54) is 62.2 Å². The molecule has 11 rings (SSSR count). The predicted molar refractivity (Wildman–Crippen MR) is 216 cm³/mol. The summed E-state index contributed by atoms with van der Waals surface area (Å²) in [5, 5.41) is 7.54. The van der Waals surface area contributed by atoms with Crippen LogP contribution >= 0.6 is 22.7 Å². The first-order valence-corrected chi connectivity index (χ1v) is 18.6. The van der Waals surface area contributed by atoms with Crippen molar-refractivity contribution in [2.24, 2.45) is 0 Å². The zero-order chi connectivity index (χ0) is 33.5. The van der Waals surface area contributed by atoms with Gasteiger partial charge >= 0.3 is 0 Å². The van der Waals surface area contributed by atoms with Crippen LogP contribution in [0.1, 0.15) is 0 Å². The first-order valence-electron chi connectivity index (χ1n) is 16.9. The van der Waals surface area contributed by atoms with E-state index in [2.05, 4.69) is 144 Å². The van der Waals surface area contributed by atoms with E-state index in [9.17, 15) is 0 Å². The van der Waals surface area contributed by atoms with E-state index in [1.807, 2.05) is 40.9 Å². The summed E-state index contributed by atoms with van der Waals surface area (Å²) in [4.78, 5) is 15.3. The molecule has 0 amide bonds. The zero-order valence-corrected chi connectivity index (χ0v) is 28.7. The molecular weight excluding hydrogens is 661 g/mol. The minimum absolute atomic E-state index is 0.642. The van der Waals surface area contributed by atoms with Crippen molar-refractivity contribution in [3.05, 3.63) is 158 Å². The molecule has 0 saturated heterocycles. The Morgan fingerprint density at radius 2 is 0.961 bits per heavy atom. The second-order valence-corrected chi connectivity index (χ2v) is 15.0. The highest BCUT2D eigenvalue weighted by molar-refractivity contribution is 7.26. The van der Waals surface area contributed by atoms with Gasteiger partial charge in [0.05, 0.1) is 15.7 Å². The highest BCUT2D eigenvalue weighted by Crippen LogP contribution is 2.43. The minimum Gasteiger partial charge on any atom is -0.308 e. The van der Waals surface area contributed by atoms with Gasteiger partial charge in [-0.05, 0) is 48.5 Å². The van der Waals surface area contributed by atoms with E-state index in [0.717, 1.165) is 22.4 Å². The molecule has 0 atom stereocenters. The molecule has 0 unspecified atom stereocenters. The Morgan fingerprint density at radius 1 is 0.373 bits per heavy atom. The van der Waals surface area contributed by atoms with Gasteiger partial charge in [-0.25, -0.2) is 15.0 Å². The summed E-state index contributed by atoms with van der Waals surface area (Å²) in [6.07, 6.45) is 0. The van der Waals surface area contributed by atoms with E-state index < -0.39 is 0 Å². The summed E-state index contributed by atoms with van der Waals surface area (Å²) in [5.41, 5.74) is 6.33. The number of benzene rings is 7. The highest BCUT2D eigenvalue weighted by atomic mass is 32.1. The first kappa shape index (κ1) is 28.6. The molecule has 0 bridgehead atoms. The Balaban J connectivity index is 1.14. The maximum atomic E-state index is 5.17. The molecule has 0 radical (unpaired) electrons. The summed E-state index contributed by atoms with van der Waals surface area (Å²) in [5.74, 6) is 1.95. The molecule has 0 aliphatic carbocycles. The van der Waals surface area contributed by atoms with Crippen LogP contribution in [0.15, 0.2) is 158 Å². The van der Waals surface area contributed by atoms with Gasteiger partial charge in [-0.3, -0.25) is 0 Å². The SMILES string of the molecule is c1ccc(-c2nc(-c3cccc(-n4c5ccccc5c5ccc6c7ccccc7sc6c54)c3)nc(-c3ccc4sc5ccccc5c4c3)n2)cc1. The van der Waals surface area contributed by atoms with E-state index >= 15 is 0 Å². The predicted octanol–water partition coefficient (Wildman–Crippen LogP) is 12.7. The van der Waals surface area contributed by atoms with Crippen LogP contribution in [-0.4, -0.2) is 19.5 Å². The Kier molecular flexibility index (Phi) is 6.26. The van der Waals surface area contributed by atoms with Gasteiger partial charge in [-0.15, -0.1) is 22.7 Å². The standard InChI is InChI=1S/C45H26N4S2/c1-2-11-27(12-3-1)43-46-44(48-45(47-43)29-21-24-40-36(26-29)33-17-6-8-19-38(33)50-40)28-13-10-14-30(25-28)49-37-18-7-4-15-31(37)34-22-23-35-32-16-5-9-20-39(32)51-42(35)41(34)49/h1-26H. The fourth-order valence-corrected chi connectivity index (χ4v) is 9.83. The van der Waals surface area contributed by atoms with Crippen LogP contribution < -0.4 is 0 Å².